The van der Waals surface area contributed by atoms with Crippen LogP contribution in [0.1, 0.15) is 12.3 Å². The first-order valence-electron chi connectivity index (χ1n) is 7.00. The van der Waals surface area contributed by atoms with Crippen LogP contribution in [0.25, 0.3) is 11.5 Å². The number of carboxylic acid groups (broad SMARTS) is 1. The van der Waals surface area contributed by atoms with E-state index in [-0.39, 0.29) is 25.3 Å². The fourth-order valence-electron chi connectivity index (χ4n) is 1.84. The summed E-state index contributed by atoms with van der Waals surface area (Å²) in [6, 6.07) is 9.31. The fraction of sp³-hybridized carbons (Fsp3) is 0.333. The van der Waals surface area contributed by atoms with Crippen molar-refractivity contribution in [3.8, 4) is 11.5 Å². The smallest absolute Gasteiger partial charge is 0.334 e. The van der Waals surface area contributed by atoms with Crippen LogP contribution < -0.4 is 5.32 Å². The summed E-state index contributed by atoms with van der Waals surface area (Å²) in [5, 5.41) is 19.1. The molecule has 0 aliphatic heterocycles. The van der Waals surface area contributed by atoms with Gasteiger partial charge < -0.3 is 19.6 Å². The number of hydrogen-bond donors (Lipinski definition) is 2. The zero-order chi connectivity index (χ0) is 16.7. The number of amides is 1. The zero-order valence-corrected chi connectivity index (χ0v) is 12.6. The molecule has 0 radical (unpaired) electrons. The summed E-state index contributed by atoms with van der Waals surface area (Å²) in [5.41, 5.74) is 0.806. The van der Waals surface area contributed by atoms with Gasteiger partial charge in [0.05, 0.1) is 6.54 Å². The average Bonchev–Trinajstić information content (AvgIpc) is 3.03. The second-order valence-electron chi connectivity index (χ2n) is 4.73. The van der Waals surface area contributed by atoms with E-state index < -0.39 is 12.1 Å². The third-order valence-electron chi connectivity index (χ3n) is 3.10. The molecule has 0 aliphatic carbocycles. The molecule has 2 N–H and O–H groups in total. The summed E-state index contributed by atoms with van der Waals surface area (Å²) in [7, 11) is 1.27. The molecular formula is C15H17N3O5. The lowest BCUT2D eigenvalue weighted by Gasteiger charge is -2.10. The first kappa shape index (κ1) is 16.6. The standard InChI is InChI=1S/C15H17N3O5/c1-22-11(15(20)21)9-16-12(19)7-8-13-17-18-14(23-13)10-5-3-2-4-6-10/h2-6,11H,7-9H2,1H3,(H,16,19)(H,20,21). The fourth-order valence-corrected chi connectivity index (χ4v) is 1.84. The van der Waals surface area contributed by atoms with Crippen molar-refractivity contribution >= 4 is 11.9 Å². The summed E-state index contributed by atoms with van der Waals surface area (Å²) < 4.78 is 10.2. The number of carbonyl (C=O) groups is 2. The predicted molar refractivity (Wildman–Crippen MR) is 79.5 cm³/mol. The van der Waals surface area contributed by atoms with Crippen LogP contribution in [-0.4, -0.2) is 46.9 Å². The number of ether oxygens (including phenoxy) is 1. The van der Waals surface area contributed by atoms with Crippen molar-refractivity contribution < 1.29 is 23.8 Å². The third kappa shape index (κ3) is 4.89. The maximum absolute atomic E-state index is 11.7. The van der Waals surface area contributed by atoms with E-state index in [4.69, 9.17) is 14.3 Å². The van der Waals surface area contributed by atoms with E-state index in [2.05, 4.69) is 15.5 Å². The number of carboxylic acids is 1. The highest BCUT2D eigenvalue weighted by molar-refractivity contribution is 5.78. The monoisotopic (exact) mass is 319 g/mol. The van der Waals surface area contributed by atoms with Gasteiger partial charge in [-0.15, -0.1) is 10.2 Å². The lowest BCUT2D eigenvalue weighted by molar-refractivity contribution is -0.148. The number of nitrogens with zero attached hydrogens (tertiary/aromatic N) is 2. The Balaban J connectivity index is 1.81. The molecule has 0 fully saturated rings. The number of aliphatic carboxylic acids is 1. The van der Waals surface area contributed by atoms with Crippen molar-refractivity contribution in [1.82, 2.24) is 15.5 Å². The van der Waals surface area contributed by atoms with Gasteiger partial charge in [-0.05, 0) is 12.1 Å². The molecule has 2 aromatic rings. The molecule has 1 unspecified atom stereocenters. The first-order valence-corrected chi connectivity index (χ1v) is 7.00. The lowest BCUT2D eigenvalue weighted by atomic mass is 10.2. The molecule has 0 bridgehead atoms. The number of methoxy groups -OCH3 is 1. The largest absolute Gasteiger partial charge is 0.479 e. The SMILES string of the molecule is COC(CNC(=O)CCc1nnc(-c2ccccc2)o1)C(=O)O. The number of aryl methyl sites for hydroxylation is 1. The number of rotatable bonds is 8. The second-order valence-corrected chi connectivity index (χ2v) is 4.73. The van der Waals surface area contributed by atoms with Gasteiger partial charge in [0.1, 0.15) is 0 Å². The normalized spacial score (nSPS) is 11.9. The molecule has 8 heteroatoms. The van der Waals surface area contributed by atoms with Gasteiger partial charge >= 0.3 is 5.97 Å². The van der Waals surface area contributed by atoms with E-state index in [9.17, 15) is 9.59 Å². The number of benzene rings is 1. The van der Waals surface area contributed by atoms with Gasteiger partial charge in [-0.25, -0.2) is 4.79 Å². The van der Waals surface area contributed by atoms with E-state index in [1.165, 1.54) is 7.11 Å². The van der Waals surface area contributed by atoms with Crippen molar-refractivity contribution in [3.63, 3.8) is 0 Å². The maximum atomic E-state index is 11.7. The lowest BCUT2D eigenvalue weighted by Crippen LogP contribution is -2.37. The van der Waals surface area contributed by atoms with Crippen molar-refractivity contribution in [2.45, 2.75) is 18.9 Å². The van der Waals surface area contributed by atoms with Crippen LogP contribution in [0, 0.1) is 0 Å². The topological polar surface area (TPSA) is 115 Å². The highest BCUT2D eigenvalue weighted by atomic mass is 16.5. The molecule has 122 valence electrons. The number of aromatic nitrogens is 2. The summed E-state index contributed by atoms with van der Waals surface area (Å²) in [6.45, 7) is -0.0935. The van der Waals surface area contributed by atoms with Crippen molar-refractivity contribution in [2.75, 3.05) is 13.7 Å². The predicted octanol–water partition coefficient (Wildman–Crippen LogP) is 0.885. The number of nitrogens with one attached hydrogen (secondary N) is 1. The minimum absolute atomic E-state index is 0.0935. The first-order chi connectivity index (χ1) is 11.1. The van der Waals surface area contributed by atoms with Crippen molar-refractivity contribution in [1.29, 1.82) is 0 Å². The van der Waals surface area contributed by atoms with Gasteiger partial charge in [0, 0.05) is 25.5 Å². The Morgan fingerprint density at radius 3 is 2.70 bits per heavy atom. The van der Waals surface area contributed by atoms with E-state index in [1.54, 1.807) is 0 Å². The van der Waals surface area contributed by atoms with Crippen LogP contribution in [0.5, 0.6) is 0 Å². The van der Waals surface area contributed by atoms with Gasteiger partial charge in [-0.1, -0.05) is 18.2 Å². The van der Waals surface area contributed by atoms with Gasteiger partial charge in [-0.2, -0.15) is 0 Å². The van der Waals surface area contributed by atoms with Crippen LogP contribution in [0.3, 0.4) is 0 Å². The molecule has 0 aliphatic rings. The van der Waals surface area contributed by atoms with E-state index in [0.717, 1.165) is 5.56 Å². The van der Waals surface area contributed by atoms with Crippen LogP contribution in [0.2, 0.25) is 0 Å². The van der Waals surface area contributed by atoms with Crippen LogP contribution in [0.15, 0.2) is 34.7 Å². The Bertz CT molecular complexity index is 656. The Hall–Kier alpha value is -2.74. The van der Waals surface area contributed by atoms with E-state index in [1.807, 2.05) is 30.3 Å². The molecule has 0 saturated carbocycles. The van der Waals surface area contributed by atoms with E-state index >= 15 is 0 Å². The Kier molecular flexibility index (Phi) is 5.81. The van der Waals surface area contributed by atoms with Gasteiger partial charge in [0.15, 0.2) is 6.10 Å². The molecule has 1 aromatic heterocycles. The highest BCUT2D eigenvalue weighted by Gasteiger charge is 2.17. The molecule has 0 spiro atoms. The minimum atomic E-state index is -1.13. The average molecular weight is 319 g/mol. The summed E-state index contributed by atoms with van der Waals surface area (Å²) in [6.07, 6.45) is -0.671. The Morgan fingerprint density at radius 2 is 2.04 bits per heavy atom. The highest BCUT2D eigenvalue weighted by Crippen LogP contribution is 2.17. The Labute approximate surface area is 132 Å². The molecule has 1 atom stereocenters. The summed E-state index contributed by atoms with van der Waals surface area (Å²) in [4.78, 5) is 22.4. The van der Waals surface area contributed by atoms with Gasteiger partial charge in [-0.3, -0.25) is 4.79 Å². The molecular weight excluding hydrogens is 302 g/mol. The molecule has 1 amide bonds. The number of hydrogen-bond acceptors (Lipinski definition) is 6. The minimum Gasteiger partial charge on any atom is -0.479 e. The van der Waals surface area contributed by atoms with Crippen molar-refractivity contribution in [3.05, 3.63) is 36.2 Å². The molecule has 2 rings (SSSR count). The van der Waals surface area contributed by atoms with Gasteiger partial charge in [0.25, 0.3) is 0 Å². The molecule has 8 nitrogen and oxygen atoms in total. The maximum Gasteiger partial charge on any atom is 0.334 e. The number of carbonyl (C=O) groups excluding carboxylic acids is 1. The molecule has 23 heavy (non-hydrogen) atoms. The molecule has 0 saturated heterocycles. The quantitative estimate of drug-likeness (QED) is 0.742. The molecule has 1 aromatic carbocycles. The second kappa shape index (κ2) is 8.04. The third-order valence-corrected chi connectivity index (χ3v) is 3.10. The summed E-state index contributed by atoms with van der Waals surface area (Å²) in [5.74, 6) is -0.697. The zero-order valence-electron chi connectivity index (χ0n) is 12.6. The van der Waals surface area contributed by atoms with Crippen LogP contribution >= 0.6 is 0 Å². The molecule has 1 heterocycles. The van der Waals surface area contributed by atoms with Crippen molar-refractivity contribution in [2.24, 2.45) is 0 Å². The van der Waals surface area contributed by atoms with E-state index in [0.29, 0.717) is 11.8 Å². The Morgan fingerprint density at radius 1 is 1.30 bits per heavy atom. The van der Waals surface area contributed by atoms with Crippen LogP contribution in [-0.2, 0) is 20.7 Å². The summed E-state index contributed by atoms with van der Waals surface area (Å²) >= 11 is 0. The van der Waals surface area contributed by atoms with Crippen LogP contribution in [0.4, 0.5) is 0 Å². The van der Waals surface area contributed by atoms with Gasteiger partial charge in [0.2, 0.25) is 17.7 Å².